The van der Waals surface area contributed by atoms with Gasteiger partial charge in [-0.1, -0.05) is 45.4 Å². The number of ether oxygens (including phenoxy) is 3. The fraction of sp³-hybridized carbons (Fsp3) is 0.625. The first-order valence-electron chi connectivity index (χ1n) is 14.2. The molecule has 1 aromatic rings. The minimum atomic E-state index is -0.904. The summed E-state index contributed by atoms with van der Waals surface area (Å²) >= 11 is 0. The molecule has 3 aliphatic carbocycles. The van der Waals surface area contributed by atoms with Gasteiger partial charge in [0.2, 0.25) is 0 Å². The molecule has 0 radical (unpaired) electrons. The van der Waals surface area contributed by atoms with Crippen LogP contribution in [0.2, 0.25) is 0 Å². The van der Waals surface area contributed by atoms with E-state index in [1.807, 2.05) is 32.9 Å². The lowest BCUT2D eigenvalue weighted by Gasteiger charge is -2.63. The molecule has 0 spiro atoms. The Labute approximate surface area is 235 Å². The van der Waals surface area contributed by atoms with Gasteiger partial charge in [-0.05, 0) is 50.5 Å². The van der Waals surface area contributed by atoms with Gasteiger partial charge in [-0.25, -0.2) is 4.79 Å². The second-order valence-corrected chi connectivity index (χ2v) is 13.1. The number of carbonyl (C=O) groups excluding carboxylic acids is 4. The molecule has 1 aliphatic heterocycles. The second-order valence-electron chi connectivity index (χ2n) is 13.1. The van der Waals surface area contributed by atoms with E-state index in [1.165, 1.54) is 7.11 Å². The summed E-state index contributed by atoms with van der Waals surface area (Å²) < 4.78 is 22.5. The van der Waals surface area contributed by atoms with Crippen LogP contribution in [-0.2, 0) is 33.4 Å². The Kier molecular flexibility index (Phi) is 6.91. The SMILES string of the molecule is C/C=C(\C)C(=O)O[C@@H]1[C@@H]2C=C3[C@@H]4CC(=O)O[C@@H](c5ccoc5)[C@]4(C)CC[C@@H]3[C@@](C)(C2=O)[C@@H](CC(=O)OC)C1(C)C. The standard InChI is InChI=1S/C32H40O8/c1-8-17(2)29(36)40-28-20-13-19-21(32(6,26(20)35)23(30(28,3)4)15-24(33)37-7)9-11-31(5)22(19)14-25(34)39-27(31)18-10-12-38-16-18/h8,10,12-13,16,20-23,27-28H,9,11,14-15H2,1-7H3/b17-8+/t20-,21+,22+,23+,27+,28-,31-,32-/m1/s1. The van der Waals surface area contributed by atoms with Crippen molar-refractivity contribution in [1.29, 1.82) is 0 Å². The van der Waals surface area contributed by atoms with Gasteiger partial charge in [0.15, 0.2) is 0 Å². The van der Waals surface area contributed by atoms with Crippen LogP contribution in [0.3, 0.4) is 0 Å². The molecule has 5 rings (SSSR count). The predicted molar refractivity (Wildman–Crippen MR) is 144 cm³/mol. The fourth-order valence-electron chi connectivity index (χ4n) is 8.48. The van der Waals surface area contributed by atoms with Crippen LogP contribution in [0.15, 0.2) is 46.3 Å². The lowest BCUT2D eigenvalue weighted by molar-refractivity contribution is -0.195. The Hall–Kier alpha value is -3.16. The van der Waals surface area contributed by atoms with Crippen molar-refractivity contribution < 1.29 is 37.8 Å². The highest BCUT2D eigenvalue weighted by Gasteiger charge is 2.69. The number of hydrogen-bond donors (Lipinski definition) is 0. The average Bonchev–Trinajstić information content (AvgIpc) is 3.45. The molecule has 0 unspecified atom stereocenters. The Morgan fingerprint density at radius 1 is 1.15 bits per heavy atom. The molecule has 1 saturated heterocycles. The van der Waals surface area contributed by atoms with Crippen molar-refractivity contribution in [3.63, 3.8) is 0 Å². The number of furan rings is 1. The summed E-state index contributed by atoms with van der Waals surface area (Å²) in [6, 6.07) is 1.83. The van der Waals surface area contributed by atoms with E-state index < -0.39 is 52.2 Å². The van der Waals surface area contributed by atoms with Gasteiger partial charge in [-0.15, -0.1) is 0 Å². The van der Waals surface area contributed by atoms with E-state index in [2.05, 4.69) is 6.92 Å². The van der Waals surface area contributed by atoms with Gasteiger partial charge in [0.1, 0.15) is 18.0 Å². The van der Waals surface area contributed by atoms with Crippen LogP contribution in [-0.4, -0.2) is 36.9 Å². The van der Waals surface area contributed by atoms with Gasteiger partial charge in [-0.2, -0.15) is 0 Å². The largest absolute Gasteiger partial charge is 0.472 e. The molecule has 3 fully saturated rings. The molecule has 8 nitrogen and oxygen atoms in total. The summed E-state index contributed by atoms with van der Waals surface area (Å²) in [6.45, 7) is 11.5. The number of allylic oxidation sites excluding steroid dienone is 2. The summed E-state index contributed by atoms with van der Waals surface area (Å²) in [5.74, 6) is -2.66. The van der Waals surface area contributed by atoms with Crippen LogP contribution in [0.4, 0.5) is 0 Å². The molecule has 1 aromatic heterocycles. The zero-order chi connectivity index (χ0) is 29.2. The van der Waals surface area contributed by atoms with Crippen LogP contribution in [0.5, 0.6) is 0 Å². The monoisotopic (exact) mass is 552 g/mol. The van der Waals surface area contributed by atoms with Crippen molar-refractivity contribution in [2.45, 2.75) is 79.4 Å². The van der Waals surface area contributed by atoms with Crippen LogP contribution in [0.25, 0.3) is 0 Å². The number of carbonyl (C=O) groups is 4. The first-order chi connectivity index (χ1) is 18.8. The molecule has 0 amide bonds. The Morgan fingerprint density at radius 2 is 1.88 bits per heavy atom. The van der Waals surface area contributed by atoms with Gasteiger partial charge in [0.25, 0.3) is 0 Å². The fourth-order valence-corrected chi connectivity index (χ4v) is 8.48. The van der Waals surface area contributed by atoms with Gasteiger partial charge < -0.3 is 18.6 Å². The third-order valence-electron chi connectivity index (χ3n) is 10.8. The Balaban J connectivity index is 1.66. The zero-order valence-corrected chi connectivity index (χ0v) is 24.4. The maximum absolute atomic E-state index is 14.4. The van der Waals surface area contributed by atoms with Crippen molar-refractivity contribution in [1.82, 2.24) is 0 Å². The van der Waals surface area contributed by atoms with Gasteiger partial charge in [0.05, 0.1) is 32.0 Å². The smallest absolute Gasteiger partial charge is 0.333 e. The summed E-state index contributed by atoms with van der Waals surface area (Å²) in [5, 5.41) is 0. The summed E-state index contributed by atoms with van der Waals surface area (Å²) in [5.41, 5.74) is 0.283. The van der Waals surface area contributed by atoms with Crippen molar-refractivity contribution in [3.8, 4) is 0 Å². The third kappa shape index (κ3) is 4.00. The highest BCUT2D eigenvalue weighted by atomic mass is 16.6. The number of fused-ring (bicyclic) bond motifs is 6. The number of methoxy groups -OCH3 is 1. The number of Topliss-reactive ketones (excluding diaryl/α,β-unsaturated/α-hetero) is 1. The molecule has 8 atom stereocenters. The molecule has 8 heteroatoms. The van der Waals surface area contributed by atoms with E-state index in [4.69, 9.17) is 18.6 Å². The Bertz CT molecular complexity index is 1290. The highest BCUT2D eigenvalue weighted by molar-refractivity contribution is 5.94. The molecule has 2 heterocycles. The zero-order valence-electron chi connectivity index (χ0n) is 24.4. The first-order valence-corrected chi connectivity index (χ1v) is 14.2. The number of cyclic esters (lactones) is 1. The van der Waals surface area contributed by atoms with E-state index in [1.54, 1.807) is 32.4 Å². The van der Waals surface area contributed by atoms with Crippen molar-refractivity contribution in [2.24, 2.45) is 39.9 Å². The molecule has 2 bridgehead atoms. The highest BCUT2D eigenvalue weighted by Crippen LogP contribution is 2.68. The molecule has 0 aromatic carbocycles. The van der Waals surface area contributed by atoms with Gasteiger partial charge in [-0.3, -0.25) is 14.4 Å². The normalized spacial score (nSPS) is 38.4. The summed E-state index contributed by atoms with van der Waals surface area (Å²) in [7, 11) is 1.35. The van der Waals surface area contributed by atoms with Gasteiger partial charge in [0, 0.05) is 33.8 Å². The van der Waals surface area contributed by atoms with Crippen molar-refractivity contribution >= 4 is 23.7 Å². The molecular formula is C32H40O8. The average molecular weight is 553 g/mol. The minimum Gasteiger partial charge on any atom is -0.472 e. The molecular weight excluding hydrogens is 512 g/mol. The molecule has 216 valence electrons. The molecule has 40 heavy (non-hydrogen) atoms. The van der Waals surface area contributed by atoms with Crippen molar-refractivity contribution in [2.75, 3.05) is 7.11 Å². The van der Waals surface area contributed by atoms with E-state index in [-0.39, 0.29) is 36.4 Å². The van der Waals surface area contributed by atoms with E-state index in [0.29, 0.717) is 12.0 Å². The van der Waals surface area contributed by atoms with Crippen LogP contribution in [0, 0.1) is 39.9 Å². The third-order valence-corrected chi connectivity index (χ3v) is 10.8. The molecule has 4 aliphatic rings. The maximum Gasteiger partial charge on any atom is 0.333 e. The lowest BCUT2D eigenvalue weighted by atomic mass is 9.40. The lowest BCUT2D eigenvalue weighted by Crippen LogP contribution is -2.66. The molecule has 2 saturated carbocycles. The van der Waals surface area contributed by atoms with Crippen LogP contribution < -0.4 is 0 Å². The predicted octanol–water partition coefficient (Wildman–Crippen LogP) is 5.53. The summed E-state index contributed by atoms with van der Waals surface area (Å²) in [4.78, 5) is 53.3. The number of hydrogen-bond acceptors (Lipinski definition) is 8. The summed E-state index contributed by atoms with van der Waals surface area (Å²) in [6.07, 6.45) is 7.30. The first kappa shape index (κ1) is 28.4. The van der Waals surface area contributed by atoms with Crippen molar-refractivity contribution in [3.05, 3.63) is 47.5 Å². The minimum absolute atomic E-state index is 0.0150. The number of esters is 3. The quantitative estimate of drug-likeness (QED) is 0.203. The van der Waals surface area contributed by atoms with Crippen LogP contribution in [0.1, 0.15) is 78.9 Å². The van der Waals surface area contributed by atoms with Crippen LogP contribution >= 0.6 is 0 Å². The number of ketones is 1. The van der Waals surface area contributed by atoms with E-state index >= 15 is 0 Å². The topological polar surface area (TPSA) is 109 Å². The second kappa shape index (κ2) is 9.74. The van der Waals surface area contributed by atoms with E-state index in [9.17, 15) is 19.2 Å². The number of rotatable bonds is 5. The van der Waals surface area contributed by atoms with E-state index in [0.717, 1.165) is 17.6 Å². The Morgan fingerprint density at radius 3 is 2.50 bits per heavy atom. The van der Waals surface area contributed by atoms with Gasteiger partial charge >= 0.3 is 17.9 Å². The molecule has 0 N–H and O–H groups in total. The maximum atomic E-state index is 14.4.